The lowest BCUT2D eigenvalue weighted by Crippen LogP contribution is -2.46. The second kappa shape index (κ2) is 11.1. The molecule has 1 rings (SSSR count). The first-order chi connectivity index (χ1) is 12.6. The largest absolute Gasteiger partial charge is 0.467 e. The first kappa shape index (κ1) is 23.2. The number of hydrogen-bond donors (Lipinski definition) is 2. The maximum Gasteiger partial charge on any atom is 0.328 e. The summed E-state index contributed by atoms with van der Waals surface area (Å²) < 4.78 is 4.72. The van der Waals surface area contributed by atoms with Crippen LogP contribution in [0.2, 0.25) is 10.0 Å². The predicted molar refractivity (Wildman–Crippen MR) is 106 cm³/mol. The number of nitrogens with zero attached hydrogens (tertiary/aromatic N) is 1. The molecule has 2 N–H and O–H groups in total. The van der Waals surface area contributed by atoms with Crippen molar-refractivity contribution in [3.63, 3.8) is 0 Å². The summed E-state index contributed by atoms with van der Waals surface area (Å²) in [5.41, 5.74) is 0.509. The van der Waals surface area contributed by atoms with Gasteiger partial charge in [-0.15, -0.1) is 0 Å². The Morgan fingerprint density at radius 2 is 1.74 bits per heavy atom. The van der Waals surface area contributed by atoms with E-state index in [-0.39, 0.29) is 30.8 Å². The molecule has 0 radical (unpaired) electrons. The van der Waals surface area contributed by atoms with Crippen LogP contribution in [0, 0.1) is 5.92 Å². The third-order valence-electron chi connectivity index (χ3n) is 3.56. The molecule has 0 aliphatic heterocycles. The van der Waals surface area contributed by atoms with Crippen LogP contribution in [0.25, 0.3) is 0 Å². The van der Waals surface area contributed by atoms with Gasteiger partial charge in [0.2, 0.25) is 11.8 Å². The van der Waals surface area contributed by atoms with E-state index in [2.05, 4.69) is 10.6 Å². The highest BCUT2D eigenvalue weighted by Gasteiger charge is 2.23. The average molecular weight is 418 g/mol. The number of ether oxygens (including phenoxy) is 1. The Morgan fingerprint density at radius 1 is 1.11 bits per heavy atom. The Balaban J connectivity index is 2.52. The van der Waals surface area contributed by atoms with Crippen molar-refractivity contribution >= 4 is 46.7 Å². The molecular formula is C18H25Cl2N3O4. The van der Waals surface area contributed by atoms with Crippen molar-refractivity contribution in [2.75, 3.05) is 32.6 Å². The summed E-state index contributed by atoms with van der Waals surface area (Å²) in [4.78, 5) is 37.6. The van der Waals surface area contributed by atoms with E-state index < -0.39 is 12.0 Å². The Labute approximate surface area is 169 Å². The fraction of sp³-hybridized carbons (Fsp3) is 0.500. The number of benzene rings is 1. The third kappa shape index (κ3) is 8.60. The van der Waals surface area contributed by atoms with Gasteiger partial charge in [0.05, 0.1) is 30.2 Å². The number of anilines is 1. The predicted octanol–water partition coefficient (Wildman–Crippen LogP) is 2.57. The van der Waals surface area contributed by atoms with E-state index in [4.69, 9.17) is 27.9 Å². The summed E-state index contributed by atoms with van der Waals surface area (Å²) in [5.74, 6) is -0.951. The molecule has 0 aliphatic carbocycles. The Hall–Kier alpha value is -1.83. The van der Waals surface area contributed by atoms with Gasteiger partial charge in [-0.25, -0.2) is 4.79 Å². The molecule has 0 spiro atoms. The minimum atomic E-state index is -0.707. The average Bonchev–Trinajstić information content (AvgIpc) is 2.56. The number of hydrogen-bond acceptors (Lipinski definition) is 5. The summed E-state index contributed by atoms with van der Waals surface area (Å²) in [6.45, 7) is 3.84. The highest BCUT2D eigenvalue weighted by Crippen LogP contribution is 2.24. The van der Waals surface area contributed by atoms with Gasteiger partial charge >= 0.3 is 5.97 Å². The number of carbonyl (C=O) groups excluding carboxylic acids is 3. The van der Waals surface area contributed by atoms with Crippen LogP contribution >= 0.6 is 23.2 Å². The summed E-state index contributed by atoms with van der Waals surface area (Å²) >= 11 is 11.7. The zero-order valence-electron chi connectivity index (χ0n) is 15.8. The van der Waals surface area contributed by atoms with Crippen molar-refractivity contribution in [1.29, 1.82) is 0 Å². The molecule has 1 atom stereocenters. The molecule has 27 heavy (non-hydrogen) atoms. The highest BCUT2D eigenvalue weighted by molar-refractivity contribution is 6.42. The first-order valence-electron chi connectivity index (χ1n) is 8.43. The lowest BCUT2D eigenvalue weighted by atomic mass is 10.0. The number of methoxy groups -OCH3 is 1. The van der Waals surface area contributed by atoms with Crippen LogP contribution < -0.4 is 10.6 Å². The smallest absolute Gasteiger partial charge is 0.328 e. The zero-order chi connectivity index (χ0) is 20.6. The maximum absolute atomic E-state index is 12.2. The molecule has 9 heteroatoms. The van der Waals surface area contributed by atoms with Crippen molar-refractivity contribution in [2.24, 2.45) is 5.92 Å². The Morgan fingerprint density at radius 3 is 2.30 bits per heavy atom. The number of nitrogens with one attached hydrogen (secondary N) is 2. The quantitative estimate of drug-likeness (QED) is 0.602. The molecule has 7 nitrogen and oxygen atoms in total. The molecule has 0 saturated heterocycles. The van der Waals surface area contributed by atoms with Crippen molar-refractivity contribution in [3.05, 3.63) is 28.2 Å². The first-order valence-corrected chi connectivity index (χ1v) is 9.18. The normalized spacial score (nSPS) is 12.0. The molecule has 0 aromatic heterocycles. The van der Waals surface area contributed by atoms with Gasteiger partial charge in [0.1, 0.15) is 6.04 Å². The standard InChI is InChI=1S/C18H25Cl2N3O4/c1-11(2)7-15(18(26)27-4)22-17(25)10-23(3)9-16(24)21-12-5-6-13(19)14(20)8-12/h5-6,8,11,15H,7,9-10H2,1-4H3,(H,21,24)(H,22,25)/t15-/m0/s1. The van der Waals surface area contributed by atoms with E-state index >= 15 is 0 Å². The summed E-state index contributed by atoms with van der Waals surface area (Å²) in [6, 6.07) is 4.05. The van der Waals surface area contributed by atoms with E-state index in [9.17, 15) is 14.4 Å². The SMILES string of the molecule is COC(=O)[C@H](CC(C)C)NC(=O)CN(C)CC(=O)Nc1ccc(Cl)c(Cl)c1. The molecule has 0 aliphatic rings. The van der Waals surface area contributed by atoms with Gasteiger partial charge in [-0.05, 0) is 37.6 Å². The fourth-order valence-electron chi connectivity index (χ4n) is 2.39. The van der Waals surface area contributed by atoms with Crippen molar-refractivity contribution in [3.8, 4) is 0 Å². The van der Waals surface area contributed by atoms with E-state index in [1.54, 1.807) is 25.2 Å². The molecule has 0 heterocycles. The summed E-state index contributed by atoms with van der Waals surface area (Å²) in [7, 11) is 2.91. The molecule has 0 fully saturated rings. The van der Waals surface area contributed by atoms with Crippen LogP contribution in [-0.4, -0.2) is 56.0 Å². The van der Waals surface area contributed by atoms with E-state index in [0.29, 0.717) is 22.2 Å². The van der Waals surface area contributed by atoms with E-state index in [0.717, 1.165) is 0 Å². The van der Waals surface area contributed by atoms with Crippen LogP contribution in [0.4, 0.5) is 5.69 Å². The molecule has 2 amide bonds. The monoisotopic (exact) mass is 417 g/mol. The van der Waals surface area contributed by atoms with Gasteiger partial charge in [-0.3, -0.25) is 14.5 Å². The lowest BCUT2D eigenvalue weighted by molar-refractivity contribution is -0.145. The van der Waals surface area contributed by atoms with Crippen molar-refractivity contribution in [2.45, 2.75) is 26.3 Å². The van der Waals surface area contributed by atoms with Crippen LogP contribution in [0.15, 0.2) is 18.2 Å². The minimum absolute atomic E-state index is 0.0132. The number of carbonyl (C=O) groups is 3. The van der Waals surface area contributed by atoms with Crippen LogP contribution in [0.5, 0.6) is 0 Å². The number of likely N-dealkylation sites (N-methyl/N-ethyl adjacent to an activating group) is 1. The molecule has 1 aromatic rings. The Bertz CT molecular complexity index is 683. The molecular weight excluding hydrogens is 393 g/mol. The zero-order valence-corrected chi connectivity index (χ0v) is 17.4. The number of rotatable bonds is 9. The van der Waals surface area contributed by atoms with Gasteiger partial charge in [-0.1, -0.05) is 37.0 Å². The van der Waals surface area contributed by atoms with Gasteiger partial charge in [-0.2, -0.15) is 0 Å². The highest BCUT2D eigenvalue weighted by atomic mass is 35.5. The molecule has 0 unspecified atom stereocenters. The van der Waals surface area contributed by atoms with Gasteiger partial charge < -0.3 is 15.4 Å². The maximum atomic E-state index is 12.2. The van der Waals surface area contributed by atoms with Crippen molar-refractivity contribution in [1.82, 2.24) is 10.2 Å². The van der Waals surface area contributed by atoms with Crippen LogP contribution in [-0.2, 0) is 19.1 Å². The molecule has 1 aromatic carbocycles. The van der Waals surface area contributed by atoms with Gasteiger partial charge in [0.15, 0.2) is 0 Å². The summed E-state index contributed by atoms with van der Waals surface area (Å²) in [5, 5.41) is 6.05. The van der Waals surface area contributed by atoms with Gasteiger partial charge in [0.25, 0.3) is 0 Å². The van der Waals surface area contributed by atoms with Gasteiger partial charge in [0, 0.05) is 5.69 Å². The lowest BCUT2D eigenvalue weighted by Gasteiger charge is -2.21. The Kier molecular flexibility index (Phi) is 9.55. The second-order valence-electron chi connectivity index (χ2n) is 6.62. The van der Waals surface area contributed by atoms with E-state index in [1.165, 1.54) is 12.0 Å². The number of halogens is 2. The van der Waals surface area contributed by atoms with Crippen LogP contribution in [0.3, 0.4) is 0 Å². The molecule has 150 valence electrons. The summed E-state index contributed by atoms with van der Waals surface area (Å²) in [6.07, 6.45) is 0.472. The molecule has 0 saturated carbocycles. The van der Waals surface area contributed by atoms with Crippen molar-refractivity contribution < 1.29 is 19.1 Å². The number of amides is 2. The second-order valence-corrected chi connectivity index (χ2v) is 7.44. The topological polar surface area (TPSA) is 87.7 Å². The minimum Gasteiger partial charge on any atom is -0.467 e. The third-order valence-corrected chi connectivity index (χ3v) is 4.30. The number of esters is 1. The fourth-order valence-corrected chi connectivity index (χ4v) is 2.69. The molecule has 0 bridgehead atoms. The van der Waals surface area contributed by atoms with Crippen LogP contribution in [0.1, 0.15) is 20.3 Å². The van der Waals surface area contributed by atoms with E-state index in [1.807, 2.05) is 13.8 Å².